The number of likely N-dealkylation sites (tertiary alicyclic amines) is 1. The molecule has 0 aromatic heterocycles. The van der Waals surface area contributed by atoms with Crippen LogP contribution < -0.4 is 0 Å². The molecule has 0 bridgehead atoms. The van der Waals surface area contributed by atoms with Crippen molar-refractivity contribution in [2.24, 2.45) is 5.92 Å². The molecule has 1 aromatic rings. The molecule has 2 fully saturated rings. The second kappa shape index (κ2) is 8.73. The minimum absolute atomic E-state index is 0.265. The first-order chi connectivity index (χ1) is 13.8. The summed E-state index contributed by atoms with van der Waals surface area (Å²) in [5.41, 5.74) is -0.0755. The normalized spacial score (nSPS) is 22.0. The number of amides is 1. The van der Waals surface area contributed by atoms with Gasteiger partial charge in [-0.1, -0.05) is 30.3 Å². The first kappa shape index (κ1) is 21.6. The fourth-order valence-electron chi connectivity index (χ4n) is 4.59. The third-order valence-electron chi connectivity index (χ3n) is 6.12. The van der Waals surface area contributed by atoms with Crippen LogP contribution in [-0.4, -0.2) is 72.7 Å². The Morgan fingerprint density at radius 1 is 1.03 bits per heavy atom. The van der Waals surface area contributed by atoms with E-state index < -0.39 is 11.1 Å². The molecule has 0 spiro atoms. The number of benzene rings is 1. The molecule has 2 heterocycles. The van der Waals surface area contributed by atoms with Crippen molar-refractivity contribution in [2.75, 3.05) is 46.3 Å². The Labute approximate surface area is 175 Å². The van der Waals surface area contributed by atoms with Crippen molar-refractivity contribution in [3.63, 3.8) is 0 Å². The number of hydrogen-bond acceptors (Lipinski definition) is 5. The van der Waals surface area contributed by atoms with Gasteiger partial charge in [0.1, 0.15) is 11.1 Å². The van der Waals surface area contributed by atoms with E-state index in [1.807, 2.05) is 39.0 Å². The van der Waals surface area contributed by atoms with E-state index in [2.05, 4.69) is 35.0 Å². The largest absolute Gasteiger partial charge is 0.444 e. The minimum Gasteiger partial charge on any atom is -0.444 e. The summed E-state index contributed by atoms with van der Waals surface area (Å²) in [4.78, 5) is 18.9. The highest BCUT2D eigenvalue weighted by Crippen LogP contribution is 2.41. The van der Waals surface area contributed by atoms with E-state index in [9.17, 15) is 10.1 Å². The molecule has 29 heavy (non-hydrogen) atoms. The molecule has 1 aromatic carbocycles. The highest BCUT2D eigenvalue weighted by atomic mass is 16.6. The Kier molecular flexibility index (Phi) is 6.50. The van der Waals surface area contributed by atoms with Crippen molar-refractivity contribution in [3.8, 4) is 6.07 Å². The third-order valence-corrected chi connectivity index (χ3v) is 6.12. The molecule has 2 aliphatic heterocycles. The second-order valence-electron chi connectivity index (χ2n) is 9.28. The number of rotatable bonds is 3. The number of piperazine rings is 1. The SMILES string of the molecule is CN1CCC(C(C#N)(c2ccccc2)N2CCN(C(=O)OC(C)(C)C)CC2)CC1. The van der Waals surface area contributed by atoms with Gasteiger partial charge in [0.05, 0.1) is 6.07 Å². The lowest BCUT2D eigenvalue weighted by molar-refractivity contribution is -0.0135. The summed E-state index contributed by atoms with van der Waals surface area (Å²) in [7, 11) is 2.15. The summed E-state index contributed by atoms with van der Waals surface area (Å²) >= 11 is 0. The number of nitriles is 1. The Morgan fingerprint density at radius 2 is 1.62 bits per heavy atom. The quantitative estimate of drug-likeness (QED) is 0.782. The average Bonchev–Trinajstić information content (AvgIpc) is 2.70. The van der Waals surface area contributed by atoms with Crippen LogP contribution in [0.1, 0.15) is 39.2 Å². The summed E-state index contributed by atoms with van der Waals surface area (Å²) in [6, 6.07) is 13.0. The molecule has 6 heteroatoms. The lowest BCUT2D eigenvalue weighted by atomic mass is 9.72. The zero-order valence-corrected chi connectivity index (χ0v) is 18.2. The molecule has 2 saturated heterocycles. The van der Waals surface area contributed by atoms with E-state index in [1.165, 1.54) is 0 Å². The number of ether oxygens (including phenoxy) is 1. The Balaban J connectivity index is 1.81. The molecule has 2 aliphatic rings. The van der Waals surface area contributed by atoms with Crippen molar-refractivity contribution in [2.45, 2.75) is 44.8 Å². The minimum atomic E-state index is -0.650. The van der Waals surface area contributed by atoms with Gasteiger partial charge < -0.3 is 14.5 Å². The van der Waals surface area contributed by atoms with Crippen LogP contribution in [0.25, 0.3) is 0 Å². The number of hydrogen-bond donors (Lipinski definition) is 0. The van der Waals surface area contributed by atoms with Crippen LogP contribution in [0.15, 0.2) is 30.3 Å². The average molecular weight is 399 g/mol. The lowest BCUT2D eigenvalue weighted by Gasteiger charge is -2.49. The van der Waals surface area contributed by atoms with Gasteiger partial charge in [-0.3, -0.25) is 4.90 Å². The van der Waals surface area contributed by atoms with Gasteiger partial charge in [-0.15, -0.1) is 0 Å². The summed E-state index contributed by atoms with van der Waals surface area (Å²) in [5, 5.41) is 10.5. The van der Waals surface area contributed by atoms with Gasteiger partial charge in [-0.25, -0.2) is 4.79 Å². The molecule has 0 N–H and O–H groups in total. The molecule has 6 nitrogen and oxygen atoms in total. The maximum atomic E-state index is 12.5. The number of carbonyl (C=O) groups is 1. The summed E-state index contributed by atoms with van der Waals surface area (Å²) in [6.07, 6.45) is 1.75. The van der Waals surface area contributed by atoms with Gasteiger partial charge in [0.15, 0.2) is 0 Å². The Hall–Kier alpha value is -2.10. The summed E-state index contributed by atoms with van der Waals surface area (Å²) in [6.45, 7) is 10.2. The van der Waals surface area contributed by atoms with Gasteiger partial charge in [0.2, 0.25) is 0 Å². The maximum Gasteiger partial charge on any atom is 0.410 e. The van der Waals surface area contributed by atoms with Gasteiger partial charge in [0.25, 0.3) is 0 Å². The van der Waals surface area contributed by atoms with E-state index in [0.29, 0.717) is 26.2 Å². The molecule has 1 atom stereocenters. The highest BCUT2D eigenvalue weighted by molar-refractivity contribution is 5.68. The molecule has 158 valence electrons. The van der Waals surface area contributed by atoms with Crippen molar-refractivity contribution < 1.29 is 9.53 Å². The van der Waals surface area contributed by atoms with Gasteiger partial charge >= 0.3 is 6.09 Å². The van der Waals surface area contributed by atoms with Crippen molar-refractivity contribution in [1.29, 1.82) is 5.26 Å². The van der Waals surface area contributed by atoms with Crippen LogP contribution in [0.2, 0.25) is 0 Å². The number of nitrogens with zero attached hydrogens (tertiary/aromatic N) is 4. The fraction of sp³-hybridized carbons (Fsp3) is 0.652. The van der Waals surface area contributed by atoms with E-state index >= 15 is 0 Å². The van der Waals surface area contributed by atoms with Crippen LogP contribution in [0.5, 0.6) is 0 Å². The highest BCUT2D eigenvalue weighted by Gasteiger charge is 2.47. The zero-order chi connectivity index (χ0) is 21.1. The molecule has 1 amide bonds. The van der Waals surface area contributed by atoms with E-state index in [0.717, 1.165) is 31.5 Å². The predicted molar refractivity (Wildman–Crippen MR) is 113 cm³/mol. The smallest absolute Gasteiger partial charge is 0.410 e. The Bertz CT molecular complexity index is 723. The fourth-order valence-corrected chi connectivity index (χ4v) is 4.59. The van der Waals surface area contributed by atoms with E-state index in [4.69, 9.17) is 4.74 Å². The standard InChI is InChI=1S/C23H34N4O2/c1-22(2,3)29-21(28)26-14-16-27(17-15-26)23(18-24,19-8-6-5-7-9-19)20-10-12-25(4)13-11-20/h5-9,20H,10-17H2,1-4H3. The van der Waals surface area contributed by atoms with Gasteiger partial charge in [-0.05, 0) is 65.2 Å². The van der Waals surface area contributed by atoms with Crippen molar-refractivity contribution in [3.05, 3.63) is 35.9 Å². The van der Waals surface area contributed by atoms with Crippen LogP contribution in [0, 0.1) is 17.2 Å². The number of carbonyl (C=O) groups excluding carboxylic acids is 1. The van der Waals surface area contributed by atoms with Gasteiger partial charge in [-0.2, -0.15) is 5.26 Å². The monoisotopic (exact) mass is 398 g/mol. The molecule has 0 aliphatic carbocycles. The lowest BCUT2D eigenvalue weighted by Crippen LogP contribution is -2.60. The summed E-state index contributed by atoms with van der Waals surface area (Å²) < 4.78 is 5.54. The Morgan fingerprint density at radius 3 is 2.14 bits per heavy atom. The number of piperidine rings is 1. The molecule has 1 unspecified atom stereocenters. The van der Waals surface area contributed by atoms with Crippen LogP contribution in [-0.2, 0) is 10.3 Å². The van der Waals surface area contributed by atoms with E-state index in [-0.39, 0.29) is 12.0 Å². The van der Waals surface area contributed by atoms with E-state index in [1.54, 1.807) is 4.90 Å². The zero-order valence-electron chi connectivity index (χ0n) is 18.2. The van der Waals surface area contributed by atoms with Crippen LogP contribution in [0.3, 0.4) is 0 Å². The van der Waals surface area contributed by atoms with Crippen LogP contribution in [0.4, 0.5) is 4.79 Å². The third kappa shape index (κ3) is 4.73. The molecular formula is C23H34N4O2. The second-order valence-corrected chi connectivity index (χ2v) is 9.28. The topological polar surface area (TPSA) is 59.8 Å². The maximum absolute atomic E-state index is 12.5. The van der Waals surface area contributed by atoms with Crippen molar-refractivity contribution >= 4 is 6.09 Å². The summed E-state index contributed by atoms with van der Waals surface area (Å²) in [5.74, 6) is 0.277. The molecule has 0 saturated carbocycles. The van der Waals surface area contributed by atoms with Crippen LogP contribution >= 0.6 is 0 Å². The molecule has 0 radical (unpaired) electrons. The molecule has 3 rings (SSSR count). The molecular weight excluding hydrogens is 364 g/mol. The van der Waals surface area contributed by atoms with Gasteiger partial charge in [0, 0.05) is 26.2 Å². The first-order valence-electron chi connectivity index (χ1n) is 10.6. The first-order valence-corrected chi connectivity index (χ1v) is 10.6. The van der Waals surface area contributed by atoms with Crippen molar-refractivity contribution in [1.82, 2.24) is 14.7 Å². The predicted octanol–water partition coefficient (Wildman–Crippen LogP) is 3.30.